The van der Waals surface area contributed by atoms with Gasteiger partial charge in [-0.1, -0.05) is 47.1 Å². The van der Waals surface area contributed by atoms with Crippen molar-refractivity contribution in [2.75, 3.05) is 7.11 Å². The quantitative estimate of drug-likeness (QED) is 0.936. The van der Waals surface area contributed by atoms with Gasteiger partial charge in [0.15, 0.2) is 17.6 Å². The van der Waals surface area contributed by atoms with E-state index in [9.17, 15) is 5.11 Å². The maximum atomic E-state index is 10.2. The van der Waals surface area contributed by atoms with Crippen molar-refractivity contribution in [3.8, 4) is 11.5 Å². The largest absolute Gasteiger partial charge is 0.504 e. The number of para-hydroxylation sites is 1. The molecule has 0 bridgehead atoms. The van der Waals surface area contributed by atoms with E-state index in [1.165, 1.54) is 12.7 Å². The summed E-state index contributed by atoms with van der Waals surface area (Å²) in [5.41, 5.74) is 3.84. The van der Waals surface area contributed by atoms with Crippen LogP contribution in [0.3, 0.4) is 0 Å². The van der Waals surface area contributed by atoms with Crippen molar-refractivity contribution in [1.82, 2.24) is 0 Å². The van der Waals surface area contributed by atoms with Crippen LogP contribution in [-0.2, 0) is 4.84 Å². The molecule has 0 unspecified atom stereocenters. The van der Waals surface area contributed by atoms with Gasteiger partial charge in [-0.2, -0.15) is 0 Å². The molecule has 0 fully saturated rings. The van der Waals surface area contributed by atoms with Gasteiger partial charge in [-0.3, -0.25) is 0 Å². The Balaban J connectivity index is 1.82. The number of methoxy groups -OCH3 is 1. The standard InChI is InChI=1S/C17H17NO3/c1-11-6-8-12(9-7-11)14-10-16(21-18-14)13-4-3-5-15(20-2)17(13)19/h3-9,16,19H,10H2,1-2H3/t16-/m0/s1. The number of aryl methyl sites for hydroxylation is 1. The molecule has 1 N–H and O–H groups in total. The van der Waals surface area contributed by atoms with Crippen molar-refractivity contribution in [2.24, 2.45) is 5.16 Å². The Labute approximate surface area is 123 Å². The summed E-state index contributed by atoms with van der Waals surface area (Å²) >= 11 is 0. The minimum Gasteiger partial charge on any atom is -0.504 e. The number of rotatable bonds is 3. The molecule has 0 amide bonds. The third-order valence-corrected chi connectivity index (χ3v) is 3.65. The van der Waals surface area contributed by atoms with Crippen molar-refractivity contribution in [1.29, 1.82) is 0 Å². The molecule has 1 aliphatic rings. The van der Waals surface area contributed by atoms with Crippen LogP contribution in [0.5, 0.6) is 11.5 Å². The highest BCUT2D eigenvalue weighted by atomic mass is 16.6. The lowest BCUT2D eigenvalue weighted by Gasteiger charge is -2.12. The maximum Gasteiger partial charge on any atom is 0.164 e. The summed E-state index contributed by atoms with van der Waals surface area (Å²) in [6, 6.07) is 13.5. The summed E-state index contributed by atoms with van der Waals surface area (Å²) in [6.07, 6.45) is 0.348. The molecule has 108 valence electrons. The van der Waals surface area contributed by atoms with Crippen molar-refractivity contribution >= 4 is 5.71 Å². The van der Waals surface area contributed by atoms with E-state index in [0.29, 0.717) is 17.7 Å². The molecule has 1 heterocycles. The first-order valence-corrected chi connectivity index (χ1v) is 6.84. The van der Waals surface area contributed by atoms with Crippen LogP contribution in [0, 0.1) is 6.92 Å². The lowest BCUT2D eigenvalue weighted by atomic mass is 9.99. The molecule has 0 saturated heterocycles. The van der Waals surface area contributed by atoms with Gasteiger partial charge in [0.05, 0.1) is 12.8 Å². The molecule has 2 aromatic carbocycles. The van der Waals surface area contributed by atoms with Gasteiger partial charge in [0.25, 0.3) is 0 Å². The van der Waals surface area contributed by atoms with Crippen LogP contribution >= 0.6 is 0 Å². The SMILES string of the molecule is COc1cccc([C@@H]2CC(c3ccc(C)cc3)=NO2)c1O. The first-order valence-electron chi connectivity index (χ1n) is 6.84. The zero-order chi connectivity index (χ0) is 14.8. The highest BCUT2D eigenvalue weighted by molar-refractivity contribution is 6.01. The summed E-state index contributed by atoms with van der Waals surface area (Å²) in [5.74, 6) is 0.560. The van der Waals surface area contributed by atoms with E-state index in [-0.39, 0.29) is 11.9 Å². The molecular formula is C17H17NO3. The fraction of sp³-hybridized carbons (Fsp3) is 0.235. The summed E-state index contributed by atoms with van der Waals surface area (Å²) in [4.78, 5) is 5.49. The second-order valence-corrected chi connectivity index (χ2v) is 5.10. The summed E-state index contributed by atoms with van der Waals surface area (Å²) in [5, 5.41) is 14.3. The lowest BCUT2D eigenvalue weighted by molar-refractivity contribution is 0.0835. The van der Waals surface area contributed by atoms with Crippen molar-refractivity contribution in [3.63, 3.8) is 0 Å². The Morgan fingerprint density at radius 1 is 1.19 bits per heavy atom. The number of benzene rings is 2. The molecule has 0 spiro atoms. The topological polar surface area (TPSA) is 51.0 Å². The van der Waals surface area contributed by atoms with E-state index >= 15 is 0 Å². The van der Waals surface area contributed by atoms with Crippen LogP contribution in [-0.4, -0.2) is 17.9 Å². The number of phenols is 1. The van der Waals surface area contributed by atoms with Crippen LogP contribution in [0.4, 0.5) is 0 Å². The number of nitrogens with zero attached hydrogens (tertiary/aromatic N) is 1. The van der Waals surface area contributed by atoms with E-state index in [4.69, 9.17) is 9.57 Å². The van der Waals surface area contributed by atoms with Gasteiger partial charge in [0.2, 0.25) is 0 Å². The molecule has 2 aromatic rings. The molecule has 0 aromatic heterocycles. The average molecular weight is 283 g/mol. The van der Waals surface area contributed by atoms with E-state index in [2.05, 4.69) is 5.16 Å². The van der Waals surface area contributed by atoms with E-state index in [1.807, 2.05) is 43.3 Å². The molecule has 0 aliphatic carbocycles. The summed E-state index contributed by atoms with van der Waals surface area (Å²) < 4.78 is 5.13. The average Bonchev–Trinajstić information content (AvgIpc) is 2.98. The van der Waals surface area contributed by atoms with Crippen LogP contribution in [0.15, 0.2) is 47.6 Å². The van der Waals surface area contributed by atoms with Gasteiger partial charge < -0.3 is 14.7 Å². The Morgan fingerprint density at radius 2 is 1.95 bits per heavy atom. The monoisotopic (exact) mass is 283 g/mol. The molecule has 1 atom stereocenters. The van der Waals surface area contributed by atoms with Gasteiger partial charge in [0, 0.05) is 12.0 Å². The number of phenolic OH excluding ortho intramolecular Hbond substituents is 1. The number of ether oxygens (including phenoxy) is 1. The number of aromatic hydroxyl groups is 1. The fourth-order valence-corrected chi connectivity index (χ4v) is 2.42. The zero-order valence-corrected chi connectivity index (χ0v) is 12.0. The van der Waals surface area contributed by atoms with Crippen molar-refractivity contribution in [3.05, 3.63) is 59.2 Å². The summed E-state index contributed by atoms with van der Waals surface area (Å²) in [7, 11) is 1.53. The van der Waals surface area contributed by atoms with Gasteiger partial charge in [0.1, 0.15) is 0 Å². The molecular weight excluding hydrogens is 266 g/mol. The minimum atomic E-state index is -0.281. The second-order valence-electron chi connectivity index (χ2n) is 5.10. The van der Waals surface area contributed by atoms with Crippen LogP contribution in [0.25, 0.3) is 0 Å². The smallest absolute Gasteiger partial charge is 0.164 e. The van der Waals surface area contributed by atoms with Crippen LogP contribution in [0.2, 0.25) is 0 Å². The van der Waals surface area contributed by atoms with Gasteiger partial charge in [-0.25, -0.2) is 0 Å². The normalized spacial score (nSPS) is 17.2. The fourth-order valence-electron chi connectivity index (χ4n) is 2.42. The third-order valence-electron chi connectivity index (χ3n) is 3.65. The number of oxime groups is 1. The lowest BCUT2D eigenvalue weighted by Crippen LogP contribution is -2.02. The predicted molar refractivity (Wildman–Crippen MR) is 80.8 cm³/mol. The third kappa shape index (κ3) is 2.57. The Bertz CT molecular complexity index is 677. The Hall–Kier alpha value is -2.49. The second kappa shape index (κ2) is 5.48. The Kier molecular flexibility index (Phi) is 3.52. The van der Waals surface area contributed by atoms with Crippen molar-refractivity contribution < 1.29 is 14.7 Å². The molecule has 4 heteroatoms. The first kappa shape index (κ1) is 13.5. The molecule has 0 saturated carbocycles. The molecule has 21 heavy (non-hydrogen) atoms. The van der Waals surface area contributed by atoms with Crippen molar-refractivity contribution in [2.45, 2.75) is 19.4 Å². The van der Waals surface area contributed by atoms with E-state index in [0.717, 1.165) is 11.3 Å². The maximum absolute atomic E-state index is 10.2. The first-order chi connectivity index (χ1) is 10.2. The predicted octanol–water partition coefficient (Wildman–Crippen LogP) is 3.57. The van der Waals surface area contributed by atoms with Gasteiger partial charge >= 0.3 is 0 Å². The molecule has 0 radical (unpaired) electrons. The van der Waals surface area contributed by atoms with Gasteiger partial charge in [-0.05, 0) is 18.6 Å². The van der Waals surface area contributed by atoms with E-state index < -0.39 is 0 Å². The van der Waals surface area contributed by atoms with Crippen LogP contribution in [0.1, 0.15) is 29.2 Å². The minimum absolute atomic E-state index is 0.116. The van der Waals surface area contributed by atoms with E-state index in [1.54, 1.807) is 6.07 Å². The number of hydrogen-bond acceptors (Lipinski definition) is 4. The molecule has 3 rings (SSSR count). The molecule has 4 nitrogen and oxygen atoms in total. The highest BCUT2D eigenvalue weighted by Crippen LogP contribution is 2.39. The van der Waals surface area contributed by atoms with Crippen LogP contribution < -0.4 is 4.74 Å². The van der Waals surface area contributed by atoms with Gasteiger partial charge in [-0.15, -0.1) is 0 Å². The highest BCUT2D eigenvalue weighted by Gasteiger charge is 2.27. The summed E-state index contributed by atoms with van der Waals surface area (Å²) in [6.45, 7) is 2.05. The number of hydrogen-bond donors (Lipinski definition) is 1. The zero-order valence-electron chi connectivity index (χ0n) is 12.0. The molecule has 1 aliphatic heterocycles. The Morgan fingerprint density at radius 3 is 2.67 bits per heavy atom.